The molecule has 3 aromatic heterocycles. The molecule has 35 heavy (non-hydrogen) atoms. The number of nitrogens with one attached hydrogen (secondary N) is 2. The molecule has 2 amide bonds. The third-order valence-corrected chi connectivity index (χ3v) is 5.93. The van der Waals surface area contributed by atoms with Gasteiger partial charge < -0.3 is 15.4 Å². The van der Waals surface area contributed by atoms with Crippen LogP contribution in [0.2, 0.25) is 0 Å². The van der Waals surface area contributed by atoms with E-state index in [9.17, 15) is 14.0 Å². The van der Waals surface area contributed by atoms with E-state index in [2.05, 4.69) is 25.8 Å². The molecule has 0 spiro atoms. The first-order chi connectivity index (χ1) is 16.8. The number of carbonyl (C=O) groups is 2. The molecule has 0 saturated heterocycles. The first-order valence-corrected chi connectivity index (χ1v) is 11.3. The highest BCUT2D eigenvalue weighted by molar-refractivity contribution is 6.03. The Morgan fingerprint density at radius 3 is 2.69 bits per heavy atom. The summed E-state index contributed by atoms with van der Waals surface area (Å²) in [5, 5.41) is 14.0. The van der Waals surface area contributed by atoms with Gasteiger partial charge in [-0.25, -0.2) is 13.9 Å². The zero-order valence-electron chi connectivity index (χ0n) is 19.4. The standard InChI is InChI=1S/C24H24FN7O3/c1-4-14-10-19(31(3)29-14)24(34)26-18-11-15(5-6-17(18)25)35-22-8-7-21-27-20(12-32(21)30-22)28-23(33)16-9-13(16)2/h5-8,10-13,16H,4,9H2,1-3H3,(H,26,34)(H,28,33). The molecule has 2 N–H and O–H groups in total. The maximum atomic E-state index is 14.4. The van der Waals surface area contributed by atoms with Gasteiger partial charge in [0.2, 0.25) is 11.8 Å². The lowest BCUT2D eigenvalue weighted by Crippen LogP contribution is -2.16. The van der Waals surface area contributed by atoms with Crippen molar-refractivity contribution in [3.8, 4) is 11.6 Å². The average molecular weight is 478 g/mol. The number of hydrogen-bond donors (Lipinski definition) is 2. The number of anilines is 2. The zero-order chi connectivity index (χ0) is 24.7. The smallest absolute Gasteiger partial charge is 0.274 e. The van der Waals surface area contributed by atoms with Crippen molar-refractivity contribution >= 4 is 29.0 Å². The maximum absolute atomic E-state index is 14.4. The molecule has 11 heteroatoms. The van der Waals surface area contributed by atoms with Crippen LogP contribution in [0.15, 0.2) is 42.6 Å². The highest BCUT2D eigenvalue weighted by Crippen LogP contribution is 2.38. The van der Waals surface area contributed by atoms with Gasteiger partial charge in [0, 0.05) is 25.1 Å². The number of hydrogen-bond acceptors (Lipinski definition) is 6. The molecular formula is C24H24FN7O3. The van der Waals surface area contributed by atoms with Crippen LogP contribution in [0.4, 0.5) is 15.9 Å². The summed E-state index contributed by atoms with van der Waals surface area (Å²) in [5.74, 6) is 0.217. The zero-order valence-corrected chi connectivity index (χ0v) is 19.4. The predicted octanol–water partition coefficient (Wildman–Crippen LogP) is 3.80. The van der Waals surface area contributed by atoms with Crippen LogP contribution in [-0.4, -0.2) is 36.2 Å². The Kier molecular flexibility index (Phi) is 5.67. The van der Waals surface area contributed by atoms with Crippen molar-refractivity contribution in [3.63, 3.8) is 0 Å². The third kappa shape index (κ3) is 4.70. The van der Waals surface area contributed by atoms with Crippen LogP contribution in [0.1, 0.15) is 36.5 Å². The number of amides is 2. The number of aryl methyl sites for hydroxylation is 2. The van der Waals surface area contributed by atoms with Crippen molar-refractivity contribution in [3.05, 3.63) is 59.8 Å². The van der Waals surface area contributed by atoms with Crippen LogP contribution >= 0.6 is 0 Å². The molecule has 0 bridgehead atoms. The van der Waals surface area contributed by atoms with Crippen molar-refractivity contribution in [1.82, 2.24) is 24.4 Å². The van der Waals surface area contributed by atoms with E-state index in [1.807, 2.05) is 13.8 Å². The van der Waals surface area contributed by atoms with Crippen molar-refractivity contribution in [1.29, 1.82) is 0 Å². The Hall–Kier alpha value is -4.28. The molecule has 1 aliphatic rings. The first-order valence-electron chi connectivity index (χ1n) is 11.3. The van der Waals surface area contributed by atoms with E-state index in [0.29, 0.717) is 29.5 Å². The second-order valence-electron chi connectivity index (χ2n) is 8.61. The van der Waals surface area contributed by atoms with E-state index < -0.39 is 11.7 Å². The second kappa shape index (κ2) is 8.82. The van der Waals surface area contributed by atoms with Gasteiger partial charge in [0.15, 0.2) is 11.5 Å². The van der Waals surface area contributed by atoms with Gasteiger partial charge >= 0.3 is 0 Å². The number of fused-ring (bicyclic) bond motifs is 1. The summed E-state index contributed by atoms with van der Waals surface area (Å²) < 4.78 is 23.1. The number of benzene rings is 1. The van der Waals surface area contributed by atoms with Crippen LogP contribution in [-0.2, 0) is 18.3 Å². The molecule has 10 nitrogen and oxygen atoms in total. The van der Waals surface area contributed by atoms with Crippen LogP contribution in [0, 0.1) is 17.7 Å². The summed E-state index contributed by atoms with van der Waals surface area (Å²) in [6.45, 7) is 3.97. The summed E-state index contributed by atoms with van der Waals surface area (Å²) in [7, 11) is 1.66. The van der Waals surface area contributed by atoms with Gasteiger partial charge in [0.25, 0.3) is 5.91 Å². The lowest BCUT2D eigenvalue weighted by molar-refractivity contribution is -0.117. The van der Waals surface area contributed by atoms with Crippen LogP contribution < -0.4 is 15.4 Å². The summed E-state index contributed by atoms with van der Waals surface area (Å²) in [5.41, 5.74) is 1.58. The largest absolute Gasteiger partial charge is 0.438 e. The van der Waals surface area contributed by atoms with Gasteiger partial charge in [0.1, 0.15) is 17.3 Å². The van der Waals surface area contributed by atoms with Gasteiger partial charge in [0.05, 0.1) is 17.6 Å². The number of rotatable bonds is 7. The summed E-state index contributed by atoms with van der Waals surface area (Å²) in [6.07, 6.45) is 3.17. The van der Waals surface area contributed by atoms with E-state index in [4.69, 9.17) is 4.74 Å². The maximum Gasteiger partial charge on any atom is 0.274 e. The molecule has 1 aliphatic carbocycles. The summed E-state index contributed by atoms with van der Waals surface area (Å²) >= 11 is 0. The Morgan fingerprint density at radius 1 is 1.17 bits per heavy atom. The van der Waals surface area contributed by atoms with E-state index in [1.165, 1.54) is 27.4 Å². The highest BCUT2D eigenvalue weighted by Gasteiger charge is 2.39. The van der Waals surface area contributed by atoms with E-state index in [0.717, 1.165) is 12.1 Å². The Bertz CT molecular complexity index is 1440. The molecule has 1 aromatic carbocycles. The fourth-order valence-electron chi connectivity index (χ4n) is 3.77. The average Bonchev–Trinajstić information content (AvgIpc) is 3.24. The minimum absolute atomic E-state index is 0.0326. The fraction of sp³-hybridized carbons (Fsp3) is 0.292. The molecular weight excluding hydrogens is 453 g/mol. The molecule has 4 aromatic rings. The topological polar surface area (TPSA) is 115 Å². The second-order valence-corrected chi connectivity index (χ2v) is 8.61. The fourth-order valence-corrected chi connectivity index (χ4v) is 3.77. The van der Waals surface area contributed by atoms with Crippen LogP contribution in [0.25, 0.3) is 5.65 Å². The predicted molar refractivity (Wildman–Crippen MR) is 126 cm³/mol. The number of halogens is 1. The molecule has 3 heterocycles. The van der Waals surface area contributed by atoms with Crippen molar-refractivity contribution in [2.24, 2.45) is 18.9 Å². The van der Waals surface area contributed by atoms with Gasteiger partial charge in [-0.05, 0) is 43.0 Å². The van der Waals surface area contributed by atoms with E-state index in [1.54, 1.807) is 31.4 Å². The monoisotopic (exact) mass is 477 g/mol. The lowest BCUT2D eigenvalue weighted by atomic mass is 10.2. The number of imidazole rings is 1. The Labute approximate surface area is 200 Å². The van der Waals surface area contributed by atoms with Gasteiger partial charge in [-0.1, -0.05) is 13.8 Å². The number of aromatic nitrogens is 5. The minimum Gasteiger partial charge on any atom is -0.438 e. The van der Waals surface area contributed by atoms with Crippen molar-refractivity contribution in [2.45, 2.75) is 26.7 Å². The molecule has 0 aliphatic heterocycles. The van der Waals surface area contributed by atoms with E-state index >= 15 is 0 Å². The highest BCUT2D eigenvalue weighted by atomic mass is 19.1. The molecule has 5 rings (SSSR count). The Morgan fingerprint density at radius 2 is 1.97 bits per heavy atom. The Balaban J connectivity index is 1.31. The first kappa shape index (κ1) is 22.5. The molecule has 2 atom stereocenters. The quantitative estimate of drug-likeness (QED) is 0.418. The van der Waals surface area contributed by atoms with Crippen molar-refractivity contribution in [2.75, 3.05) is 10.6 Å². The lowest BCUT2D eigenvalue weighted by Gasteiger charge is -2.10. The molecule has 180 valence electrons. The molecule has 0 radical (unpaired) electrons. The number of carbonyl (C=O) groups excluding carboxylic acids is 2. The van der Waals surface area contributed by atoms with Crippen molar-refractivity contribution < 1.29 is 18.7 Å². The van der Waals surface area contributed by atoms with Crippen LogP contribution in [0.5, 0.6) is 11.6 Å². The van der Waals surface area contributed by atoms with Gasteiger partial charge in [-0.15, -0.1) is 5.10 Å². The summed E-state index contributed by atoms with van der Waals surface area (Å²) in [4.78, 5) is 29.2. The normalized spacial score (nSPS) is 16.8. The van der Waals surface area contributed by atoms with Gasteiger partial charge in [-0.3, -0.25) is 14.3 Å². The SMILES string of the molecule is CCc1cc(C(=O)Nc2cc(Oc3ccc4nc(NC(=O)C5CC5C)cn4n3)ccc2F)n(C)n1. The third-order valence-electron chi connectivity index (χ3n) is 5.93. The van der Waals surface area contributed by atoms with E-state index in [-0.39, 0.29) is 29.1 Å². The van der Waals surface area contributed by atoms with Gasteiger partial charge in [-0.2, -0.15) is 5.10 Å². The molecule has 1 saturated carbocycles. The molecule has 2 unspecified atom stereocenters. The number of nitrogens with zero attached hydrogens (tertiary/aromatic N) is 5. The van der Waals surface area contributed by atoms with Crippen LogP contribution in [0.3, 0.4) is 0 Å². The molecule has 1 fully saturated rings. The minimum atomic E-state index is -0.605. The number of ether oxygens (including phenoxy) is 1. The summed E-state index contributed by atoms with van der Waals surface area (Å²) in [6, 6.07) is 8.99.